The summed E-state index contributed by atoms with van der Waals surface area (Å²) in [4.78, 5) is 47.7. The number of imide groups is 1. The predicted octanol–water partition coefficient (Wildman–Crippen LogP) is 5.19. The zero-order chi connectivity index (χ0) is 27.1. The summed E-state index contributed by atoms with van der Waals surface area (Å²) in [5, 5.41) is 3.95. The number of para-hydroxylation sites is 2. The van der Waals surface area contributed by atoms with Gasteiger partial charge in [0.1, 0.15) is 17.8 Å². The number of carbonyl (C=O) groups excluding carboxylic acids is 3. The highest BCUT2D eigenvalue weighted by Crippen LogP contribution is 2.45. The number of unbranched alkanes of at least 4 members (excludes halogenated alkanes) is 1. The van der Waals surface area contributed by atoms with Crippen molar-refractivity contribution in [3.63, 3.8) is 0 Å². The highest BCUT2D eigenvalue weighted by atomic mass is 16.5. The molecule has 198 valence electrons. The van der Waals surface area contributed by atoms with Gasteiger partial charge in [-0.1, -0.05) is 55.8 Å². The fourth-order valence-corrected chi connectivity index (χ4v) is 5.76. The molecule has 0 aliphatic carbocycles. The third kappa shape index (κ3) is 4.03. The largest absolute Gasteiger partial charge is 0.497 e. The number of anilines is 1. The van der Waals surface area contributed by atoms with E-state index in [0.717, 1.165) is 40.6 Å². The summed E-state index contributed by atoms with van der Waals surface area (Å²) in [5.41, 5.74) is 4.36. The summed E-state index contributed by atoms with van der Waals surface area (Å²) in [6.45, 7) is 2.58. The molecule has 0 radical (unpaired) electrons. The zero-order valence-corrected chi connectivity index (χ0v) is 21.9. The monoisotopic (exact) mass is 522 g/mol. The maximum Gasteiger partial charge on any atom is 0.332 e. The van der Waals surface area contributed by atoms with E-state index >= 15 is 0 Å². The van der Waals surface area contributed by atoms with Crippen molar-refractivity contribution in [1.82, 2.24) is 15.2 Å². The minimum Gasteiger partial charge on any atom is -0.497 e. The predicted molar refractivity (Wildman–Crippen MR) is 149 cm³/mol. The molecule has 2 aliphatic heterocycles. The Kier molecular flexibility index (Phi) is 6.30. The van der Waals surface area contributed by atoms with Gasteiger partial charge in [-0.2, -0.15) is 0 Å². The Balaban J connectivity index is 1.45. The Morgan fingerprint density at radius 2 is 1.77 bits per heavy atom. The quantitative estimate of drug-likeness (QED) is 0.258. The molecule has 2 N–H and O–H groups in total. The molecule has 1 aromatic heterocycles. The van der Waals surface area contributed by atoms with Crippen LogP contribution in [0.2, 0.25) is 0 Å². The van der Waals surface area contributed by atoms with Crippen LogP contribution in [-0.2, 0) is 11.2 Å². The van der Waals surface area contributed by atoms with Gasteiger partial charge in [-0.3, -0.25) is 14.5 Å². The molecule has 0 unspecified atom stereocenters. The van der Waals surface area contributed by atoms with Crippen LogP contribution in [0.5, 0.6) is 5.75 Å². The summed E-state index contributed by atoms with van der Waals surface area (Å²) in [7, 11) is 1.61. The molecule has 2 atom stereocenters. The summed E-state index contributed by atoms with van der Waals surface area (Å²) in [6, 6.07) is 20.7. The van der Waals surface area contributed by atoms with Crippen LogP contribution in [-0.4, -0.2) is 47.4 Å². The second-order valence-electron chi connectivity index (χ2n) is 9.95. The fourth-order valence-electron chi connectivity index (χ4n) is 5.76. The molecule has 1 fully saturated rings. The first-order chi connectivity index (χ1) is 19.0. The molecule has 0 bridgehead atoms. The minimum atomic E-state index is -0.701. The van der Waals surface area contributed by atoms with Crippen molar-refractivity contribution in [2.75, 3.05) is 18.6 Å². The van der Waals surface area contributed by atoms with Gasteiger partial charge in [-0.15, -0.1) is 0 Å². The Hall–Kier alpha value is -4.59. The smallest absolute Gasteiger partial charge is 0.332 e. The van der Waals surface area contributed by atoms with E-state index in [1.165, 1.54) is 4.90 Å². The zero-order valence-electron chi connectivity index (χ0n) is 21.9. The van der Waals surface area contributed by atoms with Crippen molar-refractivity contribution in [2.45, 2.75) is 38.3 Å². The average molecular weight is 523 g/mol. The van der Waals surface area contributed by atoms with Crippen molar-refractivity contribution in [3.8, 4) is 5.75 Å². The summed E-state index contributed by atoms with van der Waals surface area (Å²) < 4.78 is 5.36. The number of aromatic nitrogens is 1. The van der Waals surface area contributed by atoms with Crippen molar-refractivity contribution < 1.29 is 19.1 Å². The lowest BCUT2D eigenvalue weighted by molar-refractivity contribution is -0.120. The average Bonchev–Trinajstić information content (AvgIpc) is 3.46. The van der Waals surface area contributed by atoms with E-state index in [9.17, 15) is 14.4 Å². The molecule has 1 saturated heterocycles. The van der Waals surface area contributed by atoms with Gasteiger partial charge in [-0.05, 0) is 47.9 Å². The Labute approximate surface area is 226 Å². The molecule has 0 spiro atoms. The molecule has 39 heavy (non-hydrogen) atoms. The molecule has 4 aromatic rings. The number of rotatable bonds is 7. The Morgan fingerprint density at radius 3 is 2.54 bits per heavy atom. The van der Waals surface area contributed by atoms with Gasteiger partial charge < -0.3 is 15.0 Å². The van der Waals surface area contributed by atoms with Gasteiger partial charge in [-0.25, -0.2) is 9.69 Å². The molecular formula is C31H30N4O4. The molecule has 0 saturated carbocycles. The highest BCUT2D eigenvalue weighted by Gasteiger charge is 2.53. The second-order valence-corrected chi connectivity index (χ2v) is 9.95. The number of nitrogens with zero attached hydrogens (tertiary/aromatic N) is 2. The van der Waals surface area contributed by atoms with Gasteiger partial charge >= 0.3 is 6.03 Å². The molecule has 8 heteroatoms. The van der Waals surface area contributed by atoms with Crippen LogP contribution >= 0.6 is 0 Å². The van der Waals surface area contributed by atoms with E-state index < -0.39 is 18.1 Å². The lowest BCUT2D eigenvalue weighted by atomic mass is 9.89. The Morgan fingerprint density at radius 1 is 1.03 bits per heavy atom. The van der Waals surface area contributed by atoms with E-state index in [-0.39, 0.29) is 11.8 Å². The van der Waals surface area contributed by atoms with Crippen LogP contribution in [0.1, 0.15) is 53.0 Å². The number of benzene rings is 3. The number of methoxy groups -OCH3 is 1. The first-order valence-corrected chi connectivity index (χ1v) is 13.3. The number of urea groups is 1. The standard InChI is InChI=1S/C31H30N4O4/c1-3-4-17-32-29(36)22-10-6-8-12-25(22)35-30(37)26-18-23-21-9-5-7-11-24(21)33-27(23)28(34(26)31(35)38)19-13-15-20(39-2)16-14-19/h5-16,26,28,33H,3-4,17-18H2,1-2H3,(H,32,36)/t26-,28+/m0/s1. The van der Waals surface area contributed by atoms with E-state index in [1.807, 2.05) is 48.5 Å². The second kappa shape index (κ2) is 9.94. The molecule has 8 nitrogen and oxygen atoms in total. The topological polar surface area (TPSA) is 94.7 Å². The fraction of sp³-hybridized carbons (Fsp3) is 0.258. The van der Waals surface area contributed by atoms with Crippen LogP contribution in [0, 0.1) is 0 Å². The van der Waals surface area contributed by atoms with Gasteiger partial charge in [0.25, 0.3) is 11.8 Å². The molecule has 2 aliphatic rings. The highest BCUT2D eigenvalue weighted by molar-refractivity contribution is 6.24. The number of H-pyrrole nitrogens is 1. The summed E-state index contributed by atoms with van der Waals surface area (Å²) in [5.74, 6) is 0.0761. The third-order valence-electron chi connectivity index (χ3n) is 7.69. The van der Waals surface area contributed by atoms with Crippen molar-refractivity contribution in [1.29, 1.82) is 0 Å². The van der Waals surface area contributed by atoms with Crippen LogP contribution < -0.4 is 15.0 Å². The van der Waals surface area contributed by atoms with Crippen LogP contribution in [0.15, 0.2) is 72.8 Å². The SMILES string of the molecule is CCCCNC(=O)c1ccccc1N1C(=O)[C@@H]2Cc3c([nH]c4ccccc34)[C@@H](c3ccc(OC)cc3)N2C1=O. The van der Waals surface area contributed by atoms with E-state index in [4.69, 9.17) is 4.74 Å². The molecule has 3 aromatic carbocycles. The van der Waals surface area contributed by atoms with Gasteiger partial charge in [0.05, 0.1) is 18.4 Å². The number of fused-ring (bicyclic) bond motifs is 4. The summed E-state index contributed by atoms with van der Waals surface area (Å²) in [6.07, 6.45) is 2.18. The minimum absolute atomic E-state index is 0.299. The molecule has 6 rings (SSSR count). The third-order valence-corrected chi connectivity index (χ3v) is 7.69. The number of amides is 4. The van der Waals surface area contributed by atoms with Crippen molar-refractivity contribution in [2.24, 2.45) is 0 Å². The van der Waals surface area contributed by atoms with E-state index in [2.05, 4.69) is 17.2 Å². The number of nitrogens with one attached hydrogen (secondary N) is 2. The number of hydrogen-bond acceptors (Lipinski definition) is 4. The lowest BCUT2D eigenvalue weighted by Crippen LogP contribution is -2.44. The van der Waals surface area contributed by atoms with Crippen LogP contribution in [0.4, 0.5) is 10.5 Å². The van der Waals surface area contributed by atoms with E-state index in [1.54, 1.807) is 36.3 Å². The number of ether oxygens (including phenoxy) is 1. The van der Waals surface area contributed by atoms with Crippen molar-refractivity contribution in [3.05, 3.63) is 95.2 Å². The van der Waals surface area contributed by atoms with Gasteiger partial charge in [0.15, 0.2) is 0 Å². The molecular weight excluding hydrogens is 492 g/mol. The first kappa shape index (κ1) is 24.7. The Bertz CT molecular complexity index is 1580. The number of aromatic amines is 1. The number of hydrogen-bond donors (Lipinski definition) is 2. The van der Waals surface area contributed by atoms with Crippen molar-refractivity contribution >= 4 is 34.4 Å². The lowest BCUT2D eigenvalue weighted by Gasteiger charge is -2.36. The van der Waals surface area contributed by atoms with Gasteiger partial charge in [0, 0.05) is 29.6 Å². The maximum atomic E-state index is 14.2. The normalized spacial score (nSPS) is 18.3. The molecule has 4 amide bonds. The van der Waals surface area contributed by atoms with Crippen LogP contribution in [0.3, 0.4) is 0 Å². The molecule has 3 heterocycles. The van der Waals surface area contributed by atoms with E-state index in [0.29, 0.717) is 30.0 Å². The summed E-state index contributed by atoms with van der Waals surface area (Å²) >= 11 is 0. The maximum absolute atomic E-state index is 14.2. The van der Waals surface area contributed by atoms with Gasteiger partial charge in [0.2, 0.25) is 0 Å². The first-order valence-electron chi connectivity index (χ1n) is 13.3. The van der Waals surface area contributed by atoms with Crippen LogP contribution in [0.25, 0.3) is 10.9 Å². The number of carbonyl (C=O) groups is 3.